The molecule has 0 aromatic heterocycles. The molecule has 0 radical (unpaired) electrons. The molecular weight excluding hydrogens is 294 g/mol. The first-order valence-electron chi connectivity index (χ1n) is 6.86. The van der Waals surface area contributed by atoms with Crippen molar-refractivity contribution in [1.29, 1.82) is 0 Å². The molecule has 1 saturated heterocycles. The molecule has 2 N–H and O–H groups in total. The summed E-state index contributed by atoms with van der Waals surface area (Å²) >= 11 is 0. The number of benzene rings is 1. The van der Waals surface area contributed by atoms with E-state index in [2.05, 4.69) is 10.6 Å². The smallest absolute Gasteiger partial charge is 0.274 e. The zero-order valence-corrected chi connectivity index (χ0v) is 12.5. The van der Waals surface area contributed by atoms with Gasteiger partial charge < -0.3 is 10.6 Å². The Bertz CT molecular complexity index is 490. The van der Waals surface area contributed by atoms with Gasteiger partial charge in [0.2, 0.25) is 5.91 Å². The van der Waals surface area contributed by atoms with Crippen LogP contribution in [-0.4, -0.2) is 23.9 Å². The van der Waals surface area contributed by atoms with Crippen LogP contribution in [0.25, 0.3) is 0 Å². The van der Waals surface area contributed by atoms with Crippen molar-refractivity contribution in [2.75, 3.05) is 13.1 Å². The summed E-state index contributed by atoms with van der Waals surface area (Å²) in [7, 11) is 0. The topological polar surface area (TPSA) is 84.3 Å². The van der Waals surface area contributed by atoms with Crippen molar-refractivity contribution in [3.8, 4) is 0 Å². The van der Waals surface area contributed by atoms with E-state index in [0.29, 0.717) is 17.9 Å². The third kappa shape index (κ3) is 5.32. The fourth-order valence-electron chi connectivity index (χ4n) is 2.42. The molecule has 0 bridgehead atoms. The highest BCUT2D eigenvalue weighted by molar-refractivity contribution is 5.85. The van der Waals surface area contributed by atoms with Gasteiger partial charge in [-0.2, -0.15) is 0 Å². The molecule has 7 heteroatoms. The molecule has 1 aromatic carbocycles. The quantitative estimate of drug-likeness (QED) is 0.621. The summed E-state index contributed by atoms with van der Waals surface area (Å²) in [6.07, 6.45) is 2.47. The van der Waals surface area contributed by atoms with Gasteiger partial charge in [-0.3, -0.25) is 14.9 Å². The van der Waals surface area contributed by atoms with Gasteiger partial charge in [-0.25, -0.2) is 0 Å². The van der Waals surface area contributed by atoms with Crippen molar-refractivity contribution in [1.82, 2.24) is 10.6 Å². The SMILES string of the molecule is Cl.O=C(CCC1CCNC1)NCc1ccccc1[N+](=O)[O-]. The summed E-state index contributed by atoms with van der Waals surface area (Å²) in [6.45, 7) is 2.22. The van der Waals surface area contributed by atoms with Crippen molar-refractivity contribution in [3.63, 3.8) is 0 Å². The number of halogens is 1. The normalized spacial score (nSPS) is 17.0. The summed E-state index contributed by atoms with van der Waals surface area (Å²) in [5.74, 6) is 0.530. The Hall–Kier alpha value is -1.66. The minimum Gasteiger partial charge on any atom is -0.352 e. The van der Waals surface area contributed by atoms with Crippen LogP contribution in [0, 0.1) is 16.0 Å². The number of hydrogen-bond donors (Lipinski definition) is 2. The molecule has 6 nitrogen and oxygen atoms in total. The van der Waals surface area contributed by atoms with Gasteiger partial charge in [-0.05, 0) is 31.8 Å². The van der Waals surface area contributed by atoms with E-state index < -0.39 is 4.92 Å². The number of nitrogens with zero attached hydrogens (tertiary/aromatic N) is 1. The number of carbonyl (C=O) groups excluding carboxylic acids is 1. The van der Waals surface area contributed by atoms with Crippen LogP contribution in [0.3, 0.4) is 0 Å². The van der Waals surface area contributed by atoms with Crippen LogP contribution < -0.4 is 10.6 Å². The molecule has 21 heavy (non-hydrogen) atoms. The summed E-state index contributed by atoms with van der Waals surface area (Å²) in [4.78, 5) is 22.2. The van der Waals surface area contributed by atoms with Gasteiger partial charge in [-0.15, -0.1) is 12.4 Å². The predicted molar refractivity (Wildman–Crippen MR) is 82.4 cm³/mol. The Morgan fingerprint density at radius 1 is 1.43 bits per heavy atom. The molecule has 1 amide bonds. The summed E-state index contributed by atoms with van der Waals surface area (Å²) < 4.78 is 0. The van der Waals surface area contributed by atoms with Crippen LogP contribution in [0.5, 0.6) is 0 Å². The number of amides is 1. The first-order chi connectivity index (χ1) is 9.66. The summed E-state index contributed by atoms with van der Waals surface area (Å²) in [5, 5.41) is 16.9. The van der Waals surface area contributed by atoms with E-state index in [9.17, 15) is 14.9 Å². The van der Waals surface area contributed by atoms with Crippen LogP contribution in [0.2, 0.25) is 0 Å². The number of carbonyl (C=O) groups is 1. The third-order valence-corrected chi connectivity index (χ3v) is 3.61. The monoisotopic (exact) mass is 313 g/mol. The molecule has 2 rings (SSSR count). The van der Waals surface area contributed by atoms with Crippen LogP contribution >= 0.6 is 12.4 Å². The molecule has 0 aliphatic carbocycles. The first-order valence-corrected chi connectivity index (χ1v) is 6.86. The van der Waals surface area contributed by atoms with Crippen LogP contribution in [-0.2, 0) is 11.3 Å². The van der Waals surface area contributed by atoms with Gasteiger partial charge in [0.25, 0.3) is 5.69 Å². The zero-order valence-electron chi connectivity index (χ0n) is 11.7. The van der Waals surface area contributed by atoms with Crippen molar-refractivity contribution >= 4 is 24.0 Å². The highest BCUT2D eigenvalue weighted by atomic mass is 35.5. The first kappa shape index (κ1) is 17.4. The maximum atomic E-state index is 11.8. The highest BCUT2D eigenvalue weighted by Gasteiger charge is 2.16. The average Bonchev–Trinajstić information content (AvgIpc) is 2.96. The summed E-state index contributed by atoms with van der Waals surface area (Å²) in [6, 6.07) is 6.47. The second kappa shape index (κ2) is 8.59. The molecule has 0 spiro atoms. The number of nitrogens with one attached hydrogen (secondary N) is 2. The van der Waals surface area contributed by atoms with E-state index in [1.807, 2.05) is 0 Å². The van der Waals surface area contributed by atoms with Crippen molar-refractivity contribution in [2.24, 2.45) is 5.92 Å². The van der Waals surface area contributed by atoms with E-state index in [1.54, 1.807) is 18.2 Å². The maximum Gasteiger partial charge on any atom is 0.274 e. The molecule has 1 aliphatic rings. The number of nitro groups is 1. The van der Waals surface area contributed by atoms with E-state index in [4.69, 9.17) is 0 Å². The Morgan fingerprint density at radius 2 is 2.19 bits per heavy atom. The lowest BCUT2D eigenvalue weighted by Crippen LogP contribution is -2.24. The lowest BCUT2D eigenvalue weighted by molar-refractivity contribution is -0.385. The molecule has 1 unspecified atom stereocenters. The van der Waals surface area contributed by atoms with Gasteiger partial charge in [0, 0.05) is 24.6 Å². The Balaban J connectivity index is 0.00000220. The van der Waals surface area contributed by atoms with E-state index in [0.717, 1.165) is 25.9 Å². The van der Waals surface area contributed by atoms with Crippen molar-refractivity contribution in [3.05, 3.63) is 39.9 Å². The van der Waals surface area contributed by atoms with Crippen LogP contribution in [0.1, 0.15) is 24.8 Å². The van der Waals surface area contributed by atoms with Gasteiger partial charge in [0.15, 0.2) is 0 Å². The minimum absolute atomic E-state index is 0. The second-order valence-electron chi connectivity index (χ2n) is 5.06. The van der Waals surface area contributed by atoms with Gasteiger partial charge in [-0.1, -0.05) is 18.2 Å². The fourth-order valence-corrected chi connectivity index (χ4v) is 2.42. The lowest BCUT2D eigenvalue weighted by Gasteiger charge is -2.09. The molecule has 1 heterocycles. The molecule has 0 saturated carbocycles. The van der Waals surface area contributed by atoms with Gasteiger partial charge >= 0.3 is 0 Å². The number of nitro benzene ring substituents is 1. The number of hydrogen-bond acceptors (Lipinski definition) is 4. The molecular formula is C14H20ClN3O3. The van der Waals surface area contributed by atoms with Crippen molar-refractivity contribution in [2.45, 2.75) is 25.8 Å². The molecule has 116 valence electrons. The lowest BCUT2D eigenvalue weighted by atomic mass is 10.0. The van der Waals surface area contributed by atoms with E-state index in [1.165, 1.54) is 6.07 Å². The average molecular weight is 314 g/mol. The Kier molecular flexibility index (Phi) is 7.11. The third-order valence-electron chi connectivity index (χ3n) is 3.61. The highest BCUT2D eigenvalue weighted by Crippen LogP contribution is 2.17. The number of rotatable bonds is 6. The van der Waals surface area contributed by atoms with Crippen LogP contribution in [0.4, 0.5) is 5.69 Å². The maximum absolute atomic E-state index is 11.8. The van der Waals surface area contributed by atoms with Crippen molar-refractivity contribution < 1.29 is 9.72 Å². The molecule has 1 atom stereocenters. The summed E-state index contributed by atoms with van der Waals surface area (Å²) in [5.41, 5.74) is 0.584. The van der Waals surface area contributed by atoms with Crippen LogP contribution in [0.15, 0.2) is 24.3 Å². The number of para-hydroxylation sites is 1. The van der Waals surface area contributed by atoms with E-state index >= 15 is 0 Å². The molecule has 1 aromatic rings. The Morgan fingerprint density at radius 3 is 2.86 bits per heavy atom. The van der Waals surface area contributed by atoms with Gasteiger partial charge in [0.1, 0.15) is 0 Å². The zero-order chi connectivity index (χ0) is 14.4. The predicted octanol–water partition coefficient (Wildman–Crippen LogP) is 2.02. The molecule has 1 aliphatic heterocycles. The molecule has 1 fully saturated rings. The standard InChI is InChI=1S/C14H19N3O3.ClH/c18-14(6-5-11-7-8-15-9-11)16-10-12-3-1-2-4-13(12)17(19)20;/h1-4,11,15H,5-10H2,(H,16,18);1H. The fraction of sp³-hybridized carbons (Fsp3) is 0.500. The largest absolute Gasteiger partial charge is 0.352 e. The van der Waals surface area contributed by atoms with E-state index in [-0.39, 0.29) is 30.5 Å². The minimum atomic E-state index is -0.425. The van der Waals surface area contributed by atoms with Gasteiger partial charge in [0.05, 0.1) is 4.92 Å². The Labute approximate surface area is 129 Å². The second-order valence-corrected chi connectivity index (χ2v) is 5.06.